The number of phenols is 2. The highest BCUT2D eigenvalue weighted by Gasteiger charge is 2.13. The van der Waals surface area contributed by atoms with Gasteiger partial charge in [-0.05, 0) is 73.2 Å². The van der Waals surface area contributed by atoms with Gasteiger partial charge in [0.25, 0.3) is 0 Å². The molecule has 0 heterocycles. The second-order valence-corrected chi connectivity index (χ2v) is 11.7. The zero-order chi connectivity index (χ0) is 33.2. The second kappa shape index (κ2) is 23.9. The summed E-state index contributed by atoms with van der Waals surface area (Å²) in [5, 5.41) is 20.4. The van der Waals surface area contributed by atoms with E-state index in [4.69, 9.17) is 0 Å². The van der Waals surface area contributed by atoms with Crippen molar-refractivity contribution in [2.24, 2.45) is 0 Å². The van der Waals surface area contributed by atoms with Crippen LogP contribution in [0.1, 0.15) is 104 Å². The molecule has 46 heavy (non-hydrogen) atoms. The number of rotatable bonds is 21. The van der Waals surface area contributed by atoms with E-state index in [1.54, 1.807) is 18.2 Å². The first-order chi connectivity index (χ1) is 22.4. The van der Waals surface area contributed by atoms with Gasteiger partial charge >= 0.3 is 0 Å². The fourth-order valence-corrected chi connectivity index (χ4v) is 4.99. The number of ketones is 1. The molecule has 0 aliphatic carbocycles. The maximum atomic E-state index is 12.8. The van der Waals surface area contributed by atoms with Crippen molar-refractivity contribution < 1.29 is 15.0 Å². The summed E-state index contributed by atoms with van der Waals surface area (Å²) in [6.07, 6.45) is 43.8. The molecule has 0 spiro atoms. The van der Waals surface area contributed by atoms with E-state index in [1.165, 1.54) is 57.4 Å². The molecular weight excluding hydrogens is 564 g/mol. The van der Waals surface area contributed by atoms with Crippen LogP contribution in [0.2, 0.25) is 0 Å². The molecule has 3 heteroatoms. The predicted molar refractivity (Wildman–Crippen MR) is 199 cm³/mol. The smallest absolute Gasteiger partial charge is 0.189 e. The average Bonchev–Trinajstić information content (AvgIpc) is 3.04. The normalized spacial score (nSPS) is 12.8. The first kappa shape index (κ1) is 37.8. The molecule has 0 saturated carbocycles. The van der Waals surface area contributed by atoms with Gasteiger partial charge in [0, 0.05) is 0 Å². The van der Waals surface area contributed by atoms with Crippen molar-refractivity contribution in [2.75, 3.05) is 0 Å². The molecular formula is C43H54O3. The summed E-state index contributed by atoms with van der Waals surface area (Å²) in [4.78, 5) is 12.8. The fourth-order valence-electron chi connectivity index (χ4n) is 4.99. The molecule has 3 nitrogen and oxygen atoms in total. The molecule has 0 bridgehead atoms. The highest BCUT2D eigenvalue weighted by atomic mass is 16.3. The lowest BCUT2D eigenvalue weighted by Gasteiger charge is -2.10. The fraction of sp³-hybridized carbons (Fsp3) is 0.326. The van der Waals surface area contributed by atoms with Crippen LogP contribution in [-0.2, 0) is 6.42 Å². The Morgan fingerprint density at radius 3 is 1.65 bits per heavy atom. The molecule has 0 aromatic heterocycles. The van der Waals surface area contributed by atoms with Gasteiger partial charge in [-0.15, -0.1) is 0 Å². The number of allylic oxidation sites excluding steroid dienone is 15. The van der Waals surface area contributed by atoms with Gasteiger partial charge < -0.3 is 10.2 Å². The van der Waals surface area contributed by atoms with Crippen molar-refractivity contribution in [3.8, 4) is 11.5 Å². The second-order valence-electron chi connectivity index (χ2n) is 11.7. The van der Waals surface area contributed by atoms with Crippen LogP contribution in [0.4, 0.5) is 0 Å². The van der Waals surface area contributed by atoms with Crippen molar-refractivity contribution in [1.29, 1.82) is 0 Å². The third kappa shape index (κ3) is 16.6. The Kier molecular flexibility index (Phi) is 19.7. The Morgan fingerprint density at radius 2 is 1.11 bits per heavy atom. The Hall–Kier alpha value is -4.37. The number of hydrogen-bond acceptors (Lipinski definition) is 3. The van der Waals surface area contributed by atoms with Gasteiger partial charge in [-0.3, -0.25) is 4.79 Å². The molecule has 0 aliphatic rings. The molecule has 244 valence electrons. The van der Waals surface area contributed by atoms with Crippen LogP contribution in [0.15, 0.2) is 121 Å². The average molecular weight is 619 g/mol. The van der Waals surface area contributed by atoms with E-state index < -0.39 is 0 Å². The number of benzene rings is 2. The summed E-state index contributed by atoms with van der Waals surface area (Å²) in [7, 11) is 0. The SMILES string of the molecule is CCCCCCCCCCCCc1cc(C)cc(C(=O)C=C/C=C/C=C/C=C/C=C/C=C/C=C/C=C/c2ccc(O)c(C)c2)c1O. The zero-order valence-electron chi connectivity index (χ0n) is 28.2. The van der Waals surface area contributed by atoms with Gasteiger partial charge in [-0.25, -0.2) is 0 Å². The van der Waals surface area contributed by atoms with Gasteiger partial charge in [-0.1, -0.05) is 168 Å². The van der Waals surface area contributed by atoms with Crippen LogP contribution >= 0.6 is 0 Å². The van der Waals surface area contributed by atoms with Crippen LogP contribution in [-0.4, -0.2) is 16.0 Å². The lowest BCUT2D eigenvalue weighted by atomic mass is 9.97. The summed E-state index contributed by atoms with van der Waals surface area (Å²) in [6, 6.07) is 9.31. The van der Waals surface area contributed by atoms with E-state index >= 15 is 0 Å². The first-order valence-electron chi connectivity index (χ1n) is 16.9. The van der Waals surface area contributed by atoms with Crippen molar-refractivity contribution >= 4 is 11.9 Å². The van der Waals surface area contributed by atoms with Crippen LogP contribution in [0.5, 0.6) is 11.5 Å². The molecule has 2 N–H and O–H groups in total. The highest BCUT2D eigenvalue weighted by Crippen LogP contribution is 2.27. The molecule has 2 aromatic rings. The zero-order valence-corrected chi connectivity index (χ0v) is 28.2. The summed E-state index contributed by atoms with van der Waals surface area (Å²) in [6.45, 7) is 6.11. The summed E-state index contributed by atoms with van der Waals surface area (Å²) in [5.74, 6) is 0.255. The number of unbranched alkanes of at least 4 members (excludes halogenated alkanes) is 9. The molecule has 0 amide bonds. The predicted octanol–water partition coefficient (Wildman–Crippen LogP) is 12.0. The van der Waals surface area contributed by atoms with E-state index in [0.29, 0.717) is 11.3 Å². The third-order valence-corrected chi connectivity index (χ3v) is 7.60. The first-order valence-corrected chi connectivity index (χ1v) is 16.9. The van der Waals surface area contributed by atoms with Crippen LogP contribution in [0.25, 0.3) is 6.08 Å². The van der Waals surface area contributed by atoms with Crippen LogP contribution < -0.4 is 0 Å². The van der Waals surface area contributed by atoms with Crippen molar-refractivity contribution in [2.45, 2.75) is 91.4 Å². The van der Waals surface area contributed by atoms with Gasteiger partial charge in [0.05, 0.1) is 5.56 Å². The number of aromatic hydroxyl groups is 2. The van der Waals surface area contributed by atoms with E-state index in [0.717, 1.165) is 41.5 Å². The number of hydrogen-bond donors (Lipinski definition) is 2. The molecule has 2 aromatic carbocycles. The van der Waals surface area contributed by atoms with E-state index in [2.05, 4.69) is 6.92 Å². The minimum atomic E-state index is -0.185. The van der Waals surface area contributed by atoms with Crippen LogP contribution in [0.3, 0.4) is 0 Å². The minimum absolute atomic E-state index is 0.127. The summed E-state index contributed by atoms with van der Waals surface area (Å²) < 4.78 is 0. The molecule has 0 aliphatic heterocycles. The monoisotopic (exact) mass is 618 g/mol. The number of aryl methyl sites for hydroxylation is 3. The molecule has 0 fully saturated rings. The largest absolute Gasteiger partial charge is 0.508 e. The maximum absolute atomic E-state index is 12.8. The van der Waals surface area contributed by atoms with E-state index in [-0.39, 0.29) is 11.5 Å². The molecule has 0 radical (unpaired) electrons. The number of phenolic OH excluding ortho intramolecular Hbond substituents is 2. The Balaban J connectivity index is 1.69. The Labute approximate surface area is 278 Å². The standard InChI is InChI=1S/C43H54O3/c1-4-5-6-7-8-9-17-20-23-26-29-39-33-36(2)34-40(43(39)46)42(45)30-27-24-21-18-15-13-11-10-12-14-16-19-22-25-28-38-31-32-41(44)37(3)35-38/h10-16,18-19,21-22,24-25,27-28,30-35,44,46H,4-9,17,20,23,26,29H2,1-3H3/b12-10+,13-11+,16-14+,18-15+,22-19+,24-21+,28-25+,30-27?. The molecule has 0 saturated heterocycles. The molecule has 0 atom stereocenters. The third-order valence-electron chi connectivity index (χ3n) is 7.60. The topological polar surface area (TPSA) is 57.5 Å². The Morgan fingerprint density at radius 1 is 0.609 bits per heavy atom. The Bertz CT molecular complexity index is 1430. The van der Waals surface area contributed by atoms with Crippen molar-refractivity contribution in [1.82, 2.24) is 0 Å². The maximum Gasteiger partial charge on any atom is 0.189 e. The minimum Gasteiger partial charge on any atom is -0.508 e. The van der Waals surface area contributed by atoms with Crippen LogP contribution in [0, 0.1) is 13.8 Å². The number of carbonyl (C=O) groups excluding carboxylic acids is 1. The van der Waals surface area contributed by atoms with E-state index in [1.807, 2.05) is 117 Å². The van der Waals surface area contributed by atoms with Gasteiger partial charge in [0.2, 0.25) is 0 Å². The molecule has 2 rings (SSSR count). The number of carbonyl (C=O) groups is 1. The lowest BCUT2D eigenvalue weighted by molar-refractivity contribution is 0.104. The van der Waals surface area contributed by atoms with Crippen molar-refractivity contribution in [3.63, 3.8) is 0 Å². The lowest BCUT2D eigenvalue weighted by Crippen LogP contribution is -1.99. The van der Waals surface area contributed by atoms with Crippen molar-refractivity contribution in [3.05, 3.63) is 149 Å². The van der Waals surface area contributed by atoms with Gasteiger partial charge in [-0.2, -0.15) is 0 Å². The highest BCUT2D eigenvalue weighted by molar-refractivity contribution is 6.07. The van der Waals surface area contributed by atoms with Gasteiger partial charge in [0.1, 0.15) is 11.5 Å². The quantitative estimate of drug-likeness (QED) is 0.0633. The summed E-state index contributed by atoms with van der Waals surface area (Å²) in [5.41, 5.74) is 4.16. The molecule has 0 unspecified atom stereocenters. The van der Waals surface area contributed by atoms with Gasteiger partial charge in [0.15, 0.2) is 5.78 Å². The summed E-state index contributed by atoms with van der Waals surface area (Å²) >= 11 is 0. The van der Waals surface area contributed by atoms with E-state index in [9.17, 15) is 15.0 Å².